The van der Waals surface area contributed by atoms with Crippen molar-refractivity contribution in [1.29, 1.82) is 0 Å². The quantitative estimate of drug-likeness (QED) is 0.600. The van der Waals surface area contributed by atoms with Crippen LogP contribution in [0.2, 0.25) is 0 Å². The highest BCUT2D eigenvalue weighted by atomic mass is 79.9. The van der Waals surface area contributed by atoms with Gasteiger partial charge >= 0.3 is 0 Å². The zero-order chi connectivity index (χ0) is 12.1. The Balaban J connectivity index is 2.82. The average molecular weight is 291 g/mol. The second kappa shape index (κ2) is 6.34. The highest BCUT2D eigenvalue weighted by Gasteiger charge is 2.16. The third-order valence-electron chi connectivity index (χ3n) is 2.55. The summed E-state index contributed by atoms with van der Waals surface area (Å²) in [6.45, 7) is 2.67. The van der Waals surface area contributed by atoms with Gasteiger partial charge in [-0.25, -0.2) is 0 Å². The maximum Gasteiger partial charge on any atom is 0.0766 e. The van der Waals surface area contributed by atoms with Crippen LogP contribution in [0.1, 0.15) is 18.3 Å². The van der Waals surface area contributed by atoms with E-state index >= 15 is 0 Å². The first-order valence-corrected chi connectivity index (χ1v) is 6.08. The Hall–Kier alpha value is -0.430. The summed E-state index contributed by atoms with van der Waals surface area (Å²) in [6.07, 6.45) is 1.70. The van der Waals surface area contributed by atoms with Gasteiger partial charge in [0.1, 0.15) is 0 Å². The number of nitrogens with zero attached hydrogens (tertiary/aromatic N) is 2. The van der Waals surface area contributed by atoms with Crippen molar-refractivity contribution in [2.45, 2.75) is 25.8 Å². The van der Waals surface area contributed by atoms with Crippen LogP contribution in [-0.2, 0) is 24.6 Å². The second-order valence-corrected chi connectivity index (χ2v) is 4.50. The first-order valence-electron chi connectivity index (χ1n) is 5.29. The molecule has 92 valence electrons. The fourth-order valence-electron chi connectivity index (χ4n) is 1.64. The SMILES string of the molecule is CCc1nn(C)c(CC(COC)NN)c1Br. The van der Waals surface area contributed by atoms with E-state index < -0.39 is 0 Å². The van der Waals surface area contributed by atoms with Gasteiger partial charge in [0.15, 0.2) is 0 Å². The Morgan fingerprint density at radius 2 is 2.31 bits per heavy atom. The standard InChI is InChI=1S/C10H19BrN4O/c1-4-8-10(11)9(15(2)14-8)5-7(13-12)6-16-3/h7,13H,4-6,12H2,1-3H3. The maximum atomic E-state index is 5.47. The highest BCUT2D eigenvalue weighted by molar-refractivity contribution is 9.10. The number of halogens is 1. The number of aromatic nitrogens is 2. The van der Waals surface area contributed by atoms with E-state index in [1.54, 1.807) is 7.11 Å². The van der Waals surface area contributed by atoms with Gasteiger partial charge in [-0.1, -0.05) is 6.92 Å². The zero-order valence-corrected chi connectivity index (χ0v) is 11.5. The number of nitrogens with one attached hydrogen (secondary N) is 1. The van der Waals surface area contributed by atoms with Crippen LogP contribution >= 0.6 is 15.9 Å². The lowest BCUT2D eigenvalue weighted by Crippen LogP contribution is -2.40. The van der Waals surface area contributed by atoms with E-state index in [2.05, 4.69) is 33.4 Å². The molecule has 1 unspecified atom stereocenters. The Kier molecular flexibility index (Phi) is 5.40. The summed E-state index contributed by atoms with van der Waals surface area (Å²) in [5.74, 6) is 5.47. The first-order chi connectivity index (χ1) is 7.63. The molecule has 0 aliphatic rings. The Morgan fingerprint density at radius 1 is 1.62 bits per heavy atom. The topological polar surface area (TPSA) is 65.1 Å². The molecule has 16 heavy (non-hydrogen) atoms. The summed E-state index contributed by atoms with van der Waals surface area (Å²) in [6, 6.07) is 0.0985. The molecule has 1 aromatic rings. The molecule has 1 rings (SSSR count). The molecule has 0 fully saturated rings. The van der Waals surface area contributed by atoms with Crippen molar-refractivity contribution in [1.82, 2.24) is 15.2 Å². The molecule has 0 aliphatic heterocycles. The van der Waals surface area contributed by atoms with Gasteiger partial charge in [0.2, 0.25) is 0 Å². The normalized spacial score (nSPS) is 13.1. The van der Waals surface area contributed by atoms with Crippen LogP contribution in [0, 0.1) is 0 Å². The van der Waals surface area contributed by atoms with E-state index in [1.807, 2.05) is 11.7 Å². The van der Waals surface area contributed by atoms with Crippen molar-refractivity contribution in [3.63, 3.8) is 0 Å². The Bertz CT molecular complexity index is 340. The van der Waals surface area contributed by atoms with Gasteiger partial charge in [0.25, 0.3) is 0 Å². The second-order valence-electron chi connectivity index (χ2n) is 3.71. The van der Waals surface area contributed by atoms with Gasteiger partial charge in [-0.2, -0.15) is 5.10 Å². The number of ether oxygens (including phenoxy) is 1. The monoisotopic (exact) mass is 290 g/mol. The summed E-state index contributed by atoms with van der Waals surface area (Å²) >= 11 is 3.58. The number of nitrogens with two attached hydrogens (primary N) is 1. The molecule has 0 spiro atoms. The average Bonchev–Trinajstić information content (AvgIpc) is 2.55. The largest absolute Gasteiger partial charge is 0.383 e. The van der Waals surface area contributed by atoms with E-state index in [0.29, 0.717) is 6.61 Å². The van der Waals surface area contributed by atoms with Gasteiger partial charge in [-0.05, 0) is 22.4 Å². The molecular weight excluding hydrogens is 272 g/mol. The van der Waals surface area contributed by atoms with Gasteiger partial charge in [-0.15, -0.1) is 0 Å². The van der Waals surface area contributed by atoms with Gasteiger partial charge < -0.3 is 4.74 Å². The number of hydrazine groups is 1. The minimum absolute atomic E-state index is 0.0985. The van der Waals surface area contributed by atoms with Crippen LogP contribution in [-0.4, -0.2) is 29.5 Å². The summed E-state index contributed by atoms with van der Waals surface area (Å²) in [5.41, 5.74) is 4.96. The minimum atomic E-state index is 0.0985. The van der Waals surface area contributed by atoms with Crippen molar-refractivity contribution in [2.75, 3.05) is 13.7 Å². The van der Waals surface area contributed by atoms with Crippen molar-refractivity contribution in [2.24, 2.45) is 12.9 Å². The van der Waals surface area contributed by atoms with E-state index in [4.69, 9.17) is 10.6 Å². The molecule has 1 aromatic heterocycles. The van der Waals surface area contributed by atoms with E-state index in [9.17, 15) is 0 Å². The molecule has 3 N–H and O–H groups in total. The summed E-state index contributed by atoms with van der Waals surface area (Å²) in [4.78, 5) is 0. The van der Waals surface area contributed by atoms with Crippen LogP contribution in [0.5, 0.6) is 0 Å². The van der Waals surface area contributed by atoms with Crippen LogP contribution in [0.3, 0.4) is 0 Å². The first kappa shape index (κ1) is 13.6. The van der Waals surface area contributed by atoms with Crippen LogP contribution in [0.4, 0.5) is 0 Å². The lowest BCUT2D eigenvalue weighted by Gasteiger charge is -2.14. The van der Waals surface area contributed by atoms with Gasteiger partial charge in [0.05, 0.1) is 22.5 Å². The van der Waals surface area contributed by atoms with Crippen LogP contribution in [0.25, 0.3) is 0 Å². The minimum Gasteiger partial charge on any atom is -0.383 e. The fraction of sp³-hybridized carbons (Fsp3) is 0.700. The van der Waals surface area contributed by atoms with E-state index in [-0.39, 0.29) is 6.04 Å². The van der Waals surface area contributed by atoms with Crippen molar-refractivity contribution in [3.8, 4) is 0 Å². The fourth-order valence-corrected chi connectivity index (χ4v) is 2.42. The molecule has 5 nitrogen and oxygen atoms in total. The van der Waals surface area contributed by atoms with Crippen molar-refractivity contribution >= 4 is 15.9 Å². The molecule has 6 heteroatoms. The van der Waals surface area contributed by atoms with Crippen molar-refractivity contribution in [3.05, 3.63) is 15.9 Å². The van der Waals surface area contributed by atoms with E-state index in [0.717, 1.165) is 28.7 Å². The Labute approximate surface area is 104 Å². The van der Waals surface area contributed by atoms with Gasteiger partial charge in [-0.3, -0.25) is 16.0 Å². The molecule has 0 aromatic carbocycles. The molecule has 0 saturated carbocycles. The number of hydrogen-bond donors (Lipinski definition) is 2. The third kappa shape index (κ3) is 3.04. The number of rotatable bonds is 6. The predicted molar refractivity (Wildman–Crippen MR) is 67.0 cm³/mol. The Morgan fingerprint density at radius 3 is 2.75 bits per heavy atom. The molecule has 1 atom stereocenters. The predicted octanol–water partition coefficient (Wildman–Crippen LogP) is 0.766. The lowest BCUT2D eigenvalue weighted by atomic mass is 10.1. The molecule has 0 radical (unpaired) electrons. The summed E-state index contributed by atoms with van der Waals surface area (Å²) in [5, 5.41) is 4.44. The van der Waals surface area contributed by atoms with E-state index in [1.165, 1.54) is 0 Å². The van der Waals surface area contributed by atoms with Crippen LogP contribution < -0.4 is 11.3 Å². The molecule has 0 amide bonds. The molecule has 0 saturated heterocycles. The van der Waals surface area contributed by atoms with Gasteiger partial charge in [0, 0.05) is 26.6 Å². The molecule has 0 bridgehead atoms. The van der Waals surface area contributed by atoms with Crippen molar-refractivity contribution < 1.29 is 4.74 Å². The number of methoxy groups -OCH3 is 1. The third-order valence-corrected chi connectivity index (χ3v) is 3.46. The molecule has 1 heterocycles. The summed E-state index contributed by atoms with van der Waals surface area (Å²) in [7, 11) is 3.61. The molecule has 0 aliphatic carbocycles. The zero-order valence-electron chi connectivity index (χ0n) is 9.96. The lowest BCUT2D eigenvalue weighted by molar-refractivity contribution is 0.165. The smallest absolute Gasteiger partial charge is 0.0766 e. The van der Waals surface area contributed by atoms with Crippen LogP contribution in [0.15, 0.2) is 4.47 Å². The number of aryl methyl sites for hydroxylation is 2. The highest BCUT2D eigenvalue weighted by Crippen LogP contribution is 2.22. The number of hydrogen-bond acceptors (Lipinski definition) is 4. The molecular formula is C10H19BrN4O. The maximum absolute atomic E-state index is 5.47. The summed E-state index contributed by atoms with van der Waals surface area (Å²) < 4.78 is 8.06.